The first-order valence-electron chi connectivity index (χ1n) is 4.68. The monoisotopic (exact) mass is 229 g/mol. The van der Waals surface area contributed by atoms with Crippen molar-refractivity contribution in [2.75, 3.05) is 13.4 Å². The molecule has 3 N–H and O–H groups in total. The number of rotatable bonds is 3. The molecule has 1 aliphatic heterocycles. The average molecular weight is 230 g/mol. The van der Waals surface area contributed by atoms with Crippen LogP contribution in [0.25, 0.3) is 0 Å². The number of aliphatic hydroxyl groups is 1. The summed E-state index contributed by atoms with van der Waals surface area (Å²) >= 11 is 6.04. The summed E-state index contributed by atoms with van der Waals surface area (Å²) < 4.78 is 10.4. The fourth-order valence-corrected chi connectivity index (χ4v) is 1.81. The normalized spacial score (nSPS) is 15.4. The molecule has 0 bridgehead atoms. The van der Waals surface area contributed by atoms with E-state index in [9.17, 15) is 0 Å². The van der Waals surface area contributed by atoms with E-state index in [1.165, 1.54) is 0 Å². The molecule has 82 valence electrons. The van der Waals surface area contributed by atoms with Gasteiger partial charge in [-0.05, 0) is 18.1 Å². The lowest BCUT2D eigenvalue weighted by Gasteiger charge is -2.12. The van der Waals surface area contributed by atoms with Gasteiger partial charge in [0.1, 0.15) is 0 Å². The fraction of sp³-hybridized carbons (Fsp3) is 0.400. The van der Waals surface area contributed by atoms with Crippen molar-refractivity contribution in [3.8, 4) is 11.5 Å². The molecule has 4 nitrogen and oxygen atoms in total. The van der Waals surface area contributed by atoms with E-state index in [0.717, 1.165) is 5.56 Å². The number of benzene rings is 1. The van der Waals surface area contributed by atoms with Gasteiger partial charge in [-0.25, -0.2) is 0 Å². The molecule has 0 amide bonds. The minimum Gasteiger partial charge on any atom is -0.454 e. The first-order valence-corrected chi connectivity index (χ1v) is 5.05. The highest BCUT2D eigenvalue weighted by molar-refractivity contribution is 6.31. The number of hydrogen-bond acceptors (Lipinski definition) is 4. The van der Waals surface area contributed by atoms with Crippen LogP contribution in [0.4, 0.5) is 0 Å². The van der Waals surface area contributed by atoms with Crippen molar-refractivity contribution in [1.82, 2.24) is 0 Å². The van der Waals surface area contributed by atoms with E-state index in [-0.39, 0.29) is 19.4 Å². The van der Waals surface area contributed by atoms with Crippen molar-refractivity contribution in [2.24, 2.45) is 5.73 Å². The van der Waals surface area contributed by atoms with Gasteiger partial charge in [0.05, 0.1) is 0 Å². The van der Waals surface area contributed by atoms with Gasteiger partial charge in [0.25, 0.3) is 0 Å². The molecule has 1 atom stereocenters. The minimum absolute atomic E-state index is 0.0337. The van der Waals surface area contributed by atoms with Gasteiger partial charge in [-0.15, -0.1) is 0 Å². The zero-order valence-corrected chi connectivity index (χ0v) is 8.83. The van der Waals surface area contributed by atoms with Crippen molar-refractivity contribution >= 4 is 11.6 Å². The number of hydrogen-bond donors (Lipinski definition) is 2. The number of ether oxygens (including phenoxy) is 2. The Morgan fingerprint density at radius 2 is 2.07 bits per heavy atom. The number of halogens is 1. The molecule has 0 unspecified atom stereocenters. The third-order valence-electron chi connectivity index (χ3n) is 2.33. The Hall–Kier alpha value is -0.970. The molecule has 5 heteroatoms. The van der Waals surface area contributed by atoms with Crippen LogP contribution in [0.2, 0.25) is 5.02 Å². The highest BCUT2D eigenvalue weighted by atomic mass is 35.5. The molecule has 0 saturated heterocycles. The standard InChI is InChI=1S/C10H12ClNO3/c11-7-4-10-9(14-5-15-10)3-6(7)8(12)1-2-13/h3-4,8,13H,1-2,5,12H2/t8-/m0/s1. The van der Waals surface area contributed by atoms with Crippen LogP contribution in [0.15, 0.2) is 12.1 Å². The van der Waals surface area contributed by atoms with Crippen molar-refractivity contribution in [3.63, 3.8) is 0 Å². The Morgan fingerprint density at radius 3 is 2.73 bits per heavy atom. The Bertz CT molecular complexity index is 370. The second kappa shape index (κ2) is 4.26. The van der Waals surface area contributed by atoms with E-state index >= 15 is 0 Å². The molecule has 0 saturated carbocycles. The van der Waals surface area contributed by atoms with Gasteiger partial charge in [-0.1, -0.05) is 11.6 Å². The van der Waals surface area contributed by atoms with Gasteiger partial charge < -0.3 is 20.3 Å². The van der Waals surface area contributed by atoms with E-state index in [0.29, 0.717) is 22.9 Å². The van der Waals surface area contributed by atoms with Gasteiger partial charge in [-0.2, -0.15) is 0 Å². The molecule has 1 aromatic carbocycles. The van der Waals surface area contributed by atoms with E-state index in [4.69, 9.17) is 31.9 Å². The zero-order valence-electron chi connectivity index (χ0n) is 8.07. The van der Waals surface area contributed by atoms with Crippen molar-refractivity contribution in [3.05, 3.63) is 22.7 Å². The molecule has 0 fully saturated rings. The lowest BCUT2D eigenvalue weighted by atomic mass is 10.0. The summed E-state index contributed by atoms with van der Waals surface area (Å²) in [5.41, 5.74) is 6.63. The van der Waals surface area contributed by atoms with Crippen LogP contribution >= 0.6 is 11.6 Å². The third-order valence-corrected chi connectivity index (χ3v) is 2.66. The fourth-order valence-electron chi connectivity index (χ4n) is 1.51. The Labute approximate surface area is 92.5 Å². The first-order chi connectivity index (χ1) is 7.22. The van der Waals surface area contributed by atoms with Gasteiger partial charge in [0, 0.05) is 23.7 Å². The molecular formula is C10H12ClNO3. The van der Waals surface area contributed by atoms with Gasteiger partial charge in [0.15, 0.2) is 11.5 Å². The molecule has 0 spiro atoms. The summed E-state index contributed by atoms with van der Waals surface area (Å²) in [6.45, 7) is 0.246. The summed E-state index contributed by atoms with van der Waals surface area (Å²) in [7, 11) is 0. The van der Waals surface area contributed by atoms with Crippen LogP contribution in [-0.2, 0) is 0 Å². The maximum absolute atomic E-state index is 8.80. The summed E-state index contributed by atoms with van der Waals surface area (Å²) in [5, 5.41) is 9.35. The minimum atomic E-state index is -0.281. The molecule has 0 radical (unpaired) electrons. The van der Waals surface area contributed by atoms with Crippen molar-refractivity contribution in [2.45, 2.75) is 12.5 Å². The third kappa shape index (κ3) is 2.02. The van der Waals surface area contributed by atoms with E-state index in [2.05, 4.69) is 0 Å². The second-order valence-electron chi connectivity index (χ2n) is 3.35. The van der Waals surface area contributed by atoms with Gasteiger partial charge in [-0.3, -0.25) is 0 Å². The zero-order chi connectivity index (χ0) is 10.8. The van der Waals surface area contributed by atoms with Crippen LogP contribution in [0.1, 0.15) is 18.0 Å². The molecule has 0 aliphatic carbocycles. The Balaban J connectivity index is 2.31. The highest BCUT2D eigenvalue weighted by Crippen LogP contribution is 2.38. The van der Waals surface area contributed by atoms with Crippen LogP contribution in [0, 0.1) is 0 Å². The molecule has 1 heterocycles. The predicted molar refractivity (Wildman–Crippen MR) is 56.2 cm³/mol. The molecule has 0 aromatic heterocycles. The summed E-state index contributed by atoms with van der Waals surface area (Å²) in [4.78, 5) is 0. The predicted octanol–water partition coefficient (Wildman–Crippen LogP) is 1.45. The molecule has 1 aromatic rings. The average Bonchev–Trinajstić information content (AvgIpc) is 2.63. The lowest BCUT2D eigenvalue weighted by Crippen LogP contribution is -2.12. The quantitative estimate of drug-likeness (QED) is 0.824. The SMILES string of the molecule is N[C@@H](CCO)c1cc2c(cc1Cl)OCO2. The van der Waals surface area contributed by atoms with Gasteiger partial charge in [0.2, 0.25) is 6.79 Å². The molecule has 1 aliphatic rings. The maximum Gasteiger partial charge on any atom is 0.231 e. The van der Waals surface area contributed by atoms with E-state index < -0.39 is 0 Å². The van der Waals surface area contributed by atoms with Crippen LogP contribution in [0.5, 0.6) is 11.5 Å². The molecular weight excluding hydrogens is 218 g/mol. The van der Waals surface area contributed by atoms with E-state index in [1.54, 1.807) is 12.1 Å². The summed E-state index contributed by atoms with van der Waals surface area (Å²) in [5.74, 6) is 1.29. The first kappa shape index (κ1) is 10.5. The van der Waals surface area contributed by atoms with Crippen LogP contribution in [-0.4, -0.2) is 18.5 Å². The number of nitrogens with two attached hydrogens (primary N) is 1. The lowest BCUT2D eigenvalue weighted by molar-refractivity contribution is 0.174. The maximum atomic E-state index is 8.80. The van der Waals surface area contributed by atoms with Crippen molar-refractivity contribution in [1.29, 1.82) is 0 Å². The van der Waals surface area contributed by atoms with Gasteiger partial charge >= 0.3 is 0 Å². The Morgan fingerprint density at radius 1 is 1.40 bits per heavy atom. The highest BCUT2D eigenvalue weighted by Gasteiger charge is 2.19. The largest absolute Gasteiger partial charge is 0.454 e. The number of fused-ring (bicyclic) bond motifs is 1. The van der Waals surface area contributed by atoms with Crippen LogP contribution in [0.3, 0.4) is 0 Å². The number of aliphatic hydroxyl groups excluding tert-OH is 1. The molecule has 2 rings (SSSR count). The second-order valence-corrected chi connectivity index (χ2v) is 3.75. The Kier molecular flexibility index (Phi) is 3.00. The topological polar surface area (TPSA) is 64.7 Å². The molecule has 15 heavy (non-hydrogen) atoms. The summed E-state index contributed by atoms with van der Waals surface area (Å²) in [6.07, 6.45) is 0.472. The van der Waals surface area contributed by atoms with Crippen molar-refractivity contribution < 1.29 is 14.6 Å². The van der Waals surface area contributed by atoms with Crippen LogP contribution < -0.4 is 15.2 Å². The smallest absolute Gasteiger partial charge is 0.231 e. The summed E-state index contributed by atoms with van der Waals surface area (Å²) in [6, 6.07) is 3.18. The van der Waals surface area contributed by atoms with E-state index in [1.807, 2.05) is 0 Å².